The van der Waals surface area contributed by atoms with E-state index < -0.39 is 28.7 Å². The van der Waals surface area contributed by atoms with Crippen molar-refractivity contribution in [3.05, 3.63) is 50.4 Å². The zero-order valence-corrected chi connectivity index (χ0v) is 22.4. The van der Waals surface area contributed by atoms with E-state index in [1.165, 1.54) is 0 Å². The van der Waals surface area contributed by atoms with Crippen LogP contribution in [0.2, 0.25) is 0 Å². The van der Waals surface area contributed by atoms with Gasteiger partial charge < -0.3 is 25.5 Å². The van der Waals surface area contributed by atoms with Gasteiger partial charge in [-0.1, -0.05) is 39.8 Å². The fourth-order valence-electron chi connectivity index (χ4n) is 5.69. The number of aldehydes is 2. The van der Waals surface area contributed by atoms with Crippen molar-refractivity contribution >= 4 is 39.8 Å². The molecule has 0 aromatic heterocycles. The highest BCUT2D eigenvalue weighted by Crippen LogP contribution is 2.54. The Morgan fingerprint density at radius 3 is 1.46 bits per heavy atom. The summed E-state index contributed by atoms with van der Waals surface area (Å²) in [5.74, 6) is -3.34. The van der Waals surface area contributed by atoms with Crippen LogP contribution in [-0.4, -0.2) is 38.1 Å². The molecular weight excluding hydrogens is 502 g/mol. The molecule has 9 nitrogen and oxygen atoms in total. The number of hydrogen-bond donors (Lipinski definition) is 5. The first-order valence-corrected chi connectivity index (χ1v) is 12.4. The lowest BCUT2D eigenvalue weighted by atomic mass is 9.83. The maximum absolute atomic E-state index is 12.4. The van der Waals surface area contributed by atoms with Gasteiger partial charge in [0.25, 0.3) is 0 Å². The Kier molecular flexibility index (Phi) is 6.72. The molecule has 0 amide bonds. The molecule has 4 rings (SSSR count). The maximum Gasteiger partial charge on any atom is 0.169 e. The normalized spacial score (nSPS) is 11.6. The zero-order valence-electron chi connectivity index (χ0n) is 22.4. The number of hydrogen-bond acceptors (Lipinski definition) is 9. The number of nitrogens with zero attached hydrogens (tertiary/aromatic N) is 1. The Balaban J connectivity index is 2.32. The number of nitroso groups, excluding NO2 is 1. The Morgan fingerprint density at radius 1 is 0.641 bits per heavy atom. The predicted octanol–water partition coefficient (Wildman–Crippen LogP) is 7.07. The summed E-state index contributed by atoms with van der Waals surface area (Å²) >= 11 is 0. The van der Waals surface area contributed by atoms with Gasteiger partial charge in [0.2, 0.25) is 0 Å². The molecule has 0 heterocycles. The van der Waals surface area contributed by atoms with Gasteiger partial charge in [-0.3, -0.25) is 9.59 Å². The van der Waals surface area contributed by atoms with Gasteiger partial charge in [-0.05, 0) is 52.8 Å². The van der Waals surface area contributed by atoms with Crippen LogP contribution >= 0.6 is 0 Å². The van der Waals surface area contributed by atoms with Crippen molar-refractivity contribution in [1.29, 1.82) is 0 Å². The molecule has 0 bridgehead atoms. The highest BCUT2D eigenvalue weighted by molar-refractivity contribution is 6.16. The average Bonchev–Trinajstić information content (AvgIpc) is 2.86. The minimum Gasteiger partial charge on any atom is -0.507 e. The van der Waals surface area contributed by atoms with Crippen LogP contribution in [0.3, 0.4) is 0 Å². The summed E-state index contributed by atoms with van der Waals surface area (Å²) < 4.78 is 0. The summed E-state index contributed by atoms with van der Waals surface area (Å²) in [4.78, 5) is 36.6. The number of benzene rings is 4. The third-order valence-corrected chi connectivity index (χ3v) is 7.32. The molecule has 0 unspecified atom stereocenters. The summed E-state index contributed by atoms with van der Waals surface area (Å²) in [6.45, 7) is 10.4. The summed E-state index contributed by atoms with van der Waals surface area (Å²) in [6, 6.07) is 3.27. The van der Waals surface area contributed by atoms with E-state index in [0.717, 1.165) is 0 Å². The van der Waals surface area contributed by atoms with Gasteiger partial charge in [-0.25, -0.2) is 0 Å². The van der Waals surface area contributed by atoms with Crippen LogP contribution in [0.15, 0.2) is 17.3 Å². The third kappa shape index (κ3) is 3.76. The van der Waals surface area contributed by atoms with Crippen molar-refractivity contribution in [2.75, 3.05) is 0 Å². The fraction of sp³-hybridized carbons (Fsp3) is 0.267. The molecule has 0 saturated heterocycles. The van der Waals surface area contributed by atoms with E-state index in [0.29, 0.717) is 45.6 Å². The van der Waals surface area contributed by atoms with E-state index in [-0.39, 0.29) is 50.5 Å². The van der Waals surface area contributed by atoms with Gasteiger partial charge in [-0.15, -0.1) is 4.91 Å². The van der Waals surface area contributed by atoms with E-state index in [4.69, 9.17) is 0 Å². The number of rotatable bonds is 6. The molecule has 4 aromatic rings. The monoisotopic (exact) mass is 531 g/mol. The molecule has 0 fully saturated rings. The van der Waals surface area contributed by atoms with Crippen molar-refractivity contribution in [3.8, 4) is 39.9 Å². The molecule has 39 heavy (non-hydrogen) atoms. The van der Waals surface area contributed by atoms with Crippen LogP contribution in [0, 0.1) is 18.8 Å². The van der Waals surface area contributed by atoms with Crippen LogP contribution in [0.1, 0.15) is 82.5 Å². The number of fused-ring (bicyclic) bond motifs is 2. The molecule has 4 aromatic carbocycles. The van der Waals surface area contributed by atoms with E-state index in [2.05, 4.69) is 5.18 Å². The van der Waals surface area contributed by atoms with Gasteiger partial charge in [0.15, 0.2) is 35.6 Å². The molecule has 0 aliphatic heterocycles. The van der Waals surface area contributed by atoms with Gasteiger partial charge in [0.1, 0.15) is 11.4 Å². The van der Waals surface area contributed by atoms with Gasteiger partial charge in [-0.2, -0.15) is 0 Å². The second-order valence-electron chi connectivity index (χ2n) is 10.4. The van der Waals surface area contributed by atoms with Crippen molar-refractivity contribution in [2.45, 2.75) is 53.4 Å². The van der Waals surface area contributed by atoms with E-state index in [1.807, 2.05) is 0 Å². The second kappa shape index (κ2) is 9.58. The lowest BCUT2D eigenvalue weighted by Crippen LogP contribution is -2.01. The van der Waals surface area contributed by atoms with Crippen LogP contribution in [0.5, 0.6) is 28.7 Å². The Hall–Kier alpha value is -4.66. The van der Waals surface area contributed by atoms with Crippen LogP contribution in [-0.2, 0) is 0 Å². The molecule has 0 spiro atoms. The summed E-state index contributed by atoms with van der Waals surface area (Å²) in [6.07, 6.45) is 0.648. The largest absolute Gasteiger partial charge is 0.507 e. The molecule has 5 N–H and O–H groups in total. The first kappa shape index (κ1) is 27.4. The van der Waals surface area contributed by atoms with Crippen molar-refractivity contribution in [2.24, 2.45) is 5.18 Å². The SMILES string of the molecule is Cc1cc2c(C(C)C)c(O)c(O)c(C=O)c2c(O)c1-c1c(C)cc2c(C(C)C)c(O)c(O)c(C=O)c2c1N=O. The molecule has 9 heteroatoms. The summed E-state index contributed by atoms with van der Waals surface area (Å²) in [5, 5.41) is 58.2. The Labute approximate surface area is 223 Å². The maximum atomic E-state index is 12.4. The van der Waals surface area contributed by atoms with E-state index in [1.54, 1.807) is 53.7 Å². The van der Waals surface area contributed by atoms with Gasteiger partial charge >= 0.3 is 0 Å². The summed E-state index contributed by atoms with van der Waals surface area (Å²) in [7, 11) is 0. The van der Waals surface area contributed by atoms with Gasteiger partial charge in [0.05, 0.1) is 11.1 Å². The van der Waals surface area contributed by atoms with Crippen LogP contribution in [0.4, 0.5) is 5.69 Å². The standard InChI is InChI=1S/C30H29NO8/c1-11(2)19-15-7-13(5)21(25(31-39)23(15)17(9-32)26(34)29(19)37)22-14(6)8-16-20(12(3)4)30(38)27(35)18(10-33)24(16)28(22)36/h7-12,34-38H,1-6H3. The van der Waals surface area contributed by atoms with E-state index in [9.17, 15) is 40.0 Å². The molecule has 0 atom stereocenters. The highest BCUT2D eigenvalue weighted by atomic mass is 16.3. The molecular formula is C30H29NO8. The van der Waals surface area contributed by atoms with Crippen molar-refractivity contribution in [3.63, 3.8) is 0 Å². The number of aromatic hydroxyl groups is 5. The van der Waals surface area contributed by atoms with Crippen LogP contribution in [0.25, 0.3) is 32.7 Å². The fourth-order valence-corrected chi connectivity index (χ4v) is 5.69. The number of aryl methyl sites for hydroxylation is 2. The van der Waals surface area contributed by atoms with Crippen molar-refractivity contribution in [1.82, 2.24) is 0 Å². The van der Waals surface area contributed by atoms with Crippen molar-refractivity contribution < 1.29 is 35.1 Å². The lowest BCUT2D eigenvalue weighted by Gasteiger charge is -2.23. The first-order valence-electron chi connectivity index (χ1n) is 12.4. The molecule has 0 saturated carbocycles. The van der Waals surface area contributed by atoms with E-state index >= 15 is 0 Å². The predicted molar refractivity (Wildman–Crippen MR) is 149 cm³/mol. The number of phenols is 5. The second-order valence-corrected chi connectivity index (χ2v) is 10.4. The topological polar surface area (TPSA) is 165 Å². The Bertz CT molecular complexity index is 1730. The molecule has 0 aliphatic rings. The number of carbonyl (C=O) groups excluding carboxylic acids is 2. The third-order valence-electron chi connectivity index (χ3n) is 7.32. The number of phenolic OH excluding ortho intramolecular Hbond substituents is 5. The Morgan fingerprint density at radius 2 is 1.05 bits per heavy atom. The minimum atomic E-state index is -0.689. The quantitative estimate of drug-likeness (QED) is 0.100. The van der Waals surface area contributed by atoms with Crippen LogP contribution < -0.4 is 0 Å². The smallest absolute Gasteiger partial charge is 0.169 e. The first-order chi connectivity index (χ1) is 18.3. The average molecular weight is 532 g/mol. The molecule has 0 aliphatic carbocycles. The molecule has 0 radical (unpaired) electrons. The number of carbonyl (C=O) groups is 2. The minimum absolute atomic E-state index is 0.00512. The zero-order chi connectivity index (χ0) is 29.1. The molecule has 202 valence electrons. The lowest BCUT2D eigenvalue weighted by molar-refractivity contribution is 0.111. The highest BCUT2D eigenvalue weighted by Gasteiger charge is 2.30. The van der Waals surface area contributed by atoms with Gasteiger partial charge in [0, 0.05) is 33.0 Å². The summed E-state index contributed by atoms with van der Waals surface area (Å²) in [5.41, 5.74) is 0.908.